The zero-order valence-corrected chi connectivity index (χ0v) is 11.2. The average Bonchev–Trinajstić information content (AvgIpc) is 2.42. The molecule has 18 heavy (non-hydrogen) atoms. The van der Waals surface area contributed by atoms with Gasteiger partial charge in [-0.05, 0) is 25.0 Å². The standard InChI is InChI=1S/C13H16ClN3O/c1-17(8-4-2-3-7-14)13(18)12-6-5-11(9-15)10-16-12/h5-6,10H,2-4,7-8H2,1H3. The van der Waals surface area contributed by atoms with Gasteiger partial charge in [-0.1, -0.05) is 6.42 Å². The van der Waals surface area contributed by atoms with Gasteiger partial charge >= 0.3 is 0 Å². The molecule has 0 fully saturated rings. The Hall–Kier alpha value is -1.60. The maximum absolute atomic E-state index is 12.0. The van der Waals surface area contributed by atoms with Crippen LogP contribution in [-0.4, -0.2) is 35.3 Å². The Balaban J connectivity index is 2.49. The van der Waals surface area contributed by atoms with Gasteiger partial charge in [0.1, 0.15) is 11.8 Å². The summed E-state index contributed by atoms with van der Waals surface area (Å²) in [4.78, 5) is 17.6. The summed E-state index contributed by atoms with van der Waals surface area (Å²) in [5.41, 5.74) is 0.824. The minimum Gasteiger partial charge on any atom is -0.340 e. The van der Waals surface area contributed by atoms with Crippen molar-refractivity contribution in [1.82, 2.24) is 9.88 Å². The number of carbonyl (C=O) groups excluding carboxylic acids is 1. The number of pyridine rings is 1. The van der Waals surface area contributed by atoms with Crippen molar-refractivity contribution >= 4 is 17.5 Å². The van der Waals surface area contributed by atoms with Crippen LogP contribution in [0.5, 0.6) is 0 Å². The molecule has 1 aromatic rings. The third kappa shape index (κ3) is 4.34. The van der Waals surface area contributed by atoms with Crippen LogP contribution in [0.1, 0.15) is 35.3 Å². The minimum atomic E-state index is -0.120. The number of unbranched alkanes of at least 4 members (excludes halogenated alkanes) is 2. The number of amides is 1. The first kappa shape index (κ1) is 14.5. The predicted molar refractivity (Wildman–Crippen MR) is 70.5 cm³/mol. The van der Waals surface area contributed by atoms with Crippen molar-refractivity contribution in [2.75, 3.05) is 19.5 Å². The van der Waals surface area contributed by atoms with Crippen LogP contribution >= 0.6 is 11.6 Å². The van der Waals surface area contributed by atoms with Gasteiger partial charge in [0.25, 0.3) is 5.91 Å². The fourth-order valence-corrected chi connectivity index (χ4v) is 1.69. The molecule has 96 valence electrons. The molecule has 0 aliphatic rings. The number of nitrogens with zero attached hydrogens (tertiary/aromatic N) is 3. The molecule has 1 rings (SSSR count). The molecular formula is C13H16ClN3O. The molecular weight excluding hydrogens is 250 g/mol. The summed E-state index contributed by atoms with van der Waals surface area (Å²) in [5.74, 6) is 0.542. The van der Waals surface area contributed by atoms with Crippen LogP contribution in [0.4, 0.5) is 0 Å². The highest BCUT2D eigenvalue weighted by Gasteiger charge is 2.12. The van der Waals surface area contributed by atoms with Gasteiger partial charge in [-0.2, -0.15) is 5.26 Å². The third-order valence-electron chi connectivity index (χ3n) is 2.59. The summed E-state index contributed by atoms with van der Waals surface area (Å²) in [6.45, 7) is 0.692. The lowest BCUT2D eigenvalue weighted by Crippen LogP contribution is -2.28. The highest BCUT2D eigenvalue weighted by Crippen LogP contribution is 2.05. The summed E-state index contributed by atoms with van der Waals surface area (Å²) >= 11 is 5.59. The lowest BCUT2D eigenvalue weighted by Gasteiger charge is -2.16. The van der Waals surface area contributed by atoms with E-state index in [-0.39, 0.29) is 5.91 Å². The molecule has 1 heterocycles. The molecule has 1 aromatic heterocycles. The van der Waals surface area contributed by atoms with Gasteiger partial charge in [-0.25, -0.2) is 4.98 Å². The van der Waals surface area contributed by atoms with Crippen LogP contribution in [0, 0.1) is 11.3 Å². The zero-order chi connectivity index (χ0) is 13.4. The van der Waals surface area contributed by atoms with Crippen LogP contribution < -0.4 is 0 Å². The first-order valence-electron chi connectivity index (χ1n) is 5.86. The highest BCUT2D eigenvalue weighted by atomic mass is 35.5. The van der Waals surface area contributed by atoms with Crippen molar-refractivity contribution in [3.05, 3.63) is 29.6 Å². The van der Waals surface area contributed by atoms with Crippen LogP contribution in [0.2, 0.25) is 0 Å². The highest BCUT2D eigenvalue weighted by molar-refractivity contribution is 6.17. The molecule has 0 saturated carbocycles. The monoisotopic (exact) mass is 265 g/mol. The van der Waals surface area contributed by atoms with Crippen molar-refractivity contribution in [3.8, 4) is 6.07 Å². The summed E-state index contributed by atoms with van der Waals surface area (Å²) < 4.78 is 0. The first-order chi connectivity index (χ1) is 8.69. The largest absolute Gasteiger partial charge is 0.340 e. The number of alkyl halides is 1. The van der Waals surface area contributed by atoms with E-state index in [1.165, 1.54) is 6.20 Å². The zero-order valence-electron chi connectivity index (χ0n) is 10.4. The Morgan fingerprint density at radius 1 is 1.44 bits per heavy atom. The van der Waals surface area contributed by atoms with Crippen LogP contribution in [-0.2, 0) is 0 Å². The molecule has 0 aliphatic carbocycles. The maximum Gasteiger partial charge on any atom is 0.272 e. The summed E-state index contributed by atoms with van der Waals surface area (Å²) in [6, 6.07) is 5.15. The molecule has 0 radical (unpaired) electrons. The number of aromatic nitrogens is 1. The van der Waals surface area contributed by atoms with Crippen LogP contribution in [0.15, 0.2) is 18.3 Å². The van der Waals surface area contributed by atoms with E-state index in [4.69, 9.17) is 16.9 Å². The first-order valence-corrected chi connectivity index (χ1v) is 6.40. The second-order valence-corrected chi connectivity index (χ2v) is 4.40. The van der Waals surface area contributed by atoms with Gasteiger partial charge < -0.3 is 4.90 Å². The lowest BCUT2D eigenvalue weighted by molar-refractivity contribution is 0.0787. The Kier molecular flexibility index (Phi) is 6.16. The summed E-state index contributed by atoms with van der Waals surface area (Å²) in [5, 5.41) is 8.65. The molecule has 4 nitrogen and oxygen atoms in total. The fourth-order valence-electron chi connectivity index (χ4n) is 1.50. The third-order valence-corrected chi connectivity index (χ3v) is 2.85. The number of nitriles is 1. The molecule has 0 N–H and O–H groups in total. The van der Waals surface area contributed by atoms with Crippen molar-refractivity contribution in [2.24, 2.45) is 0 Å². The minimum absolute atomic E-state index is 0.120. The number of rotatable bonds is 6. The maximum atomic E-state index is 12.0. The van der Waals surface area contributed by atoms with Gasteiger partial charge in [0.15, 0.2) is 0 Å². The molecule has 0 aromatic carbocycles. The number of halogens is 1. The van der Waals surface area contributed by atoms with E-state index in [0.29, 0.717) is 23.7 Å². The van der Waals surface area contributed by atoms with Gasteiger partial charge in [-0.15, -0.1) is 11.6 Å². The fraction of sp³-hybridized carbons (Fsp3) is 0.462. The summed E-state index contributed by atoms with van der Waals surface area (Å²) in [6.07, 6.45) is 4.33. The molecule has 0 atom stereocenters. The Labute approximate surface area is 112 Å². The average molecular weight is 266 g/mol. The van der Waals surface area contributed by atoms with E-state index < -0.39 is 0 Å². The SMILES string of the molecule is CN(CCCCCCl)C(=O)c1ccc(C#N)cn1. The topological polar surface area (TPSA) is 57.0 Å². The van der Waals surface area contributed by atoms with Crippen molar-refractivity contribution in [3.63, 3.8) is 0 Å². The molecule has 0 spiro atoms. The second-order valence-electron chi connectivity index (χ2n) is 4.02. The Morgan fingerprint density at radius 3 is 2.78 bits per heavy atom. The van der Waals surface area contributed by atoms with Crippen molar-refractivity contribution < 1.29 is 4.79 Å². The van der Waals surface area contributed by atoms with Gasteiger partial charge in [-0.3, -0.25) is 4.79 Å². The predicted octanol–water partition coefficient (Wildman–Crippen LogP) is 2.43. The van der Waals surface area contributed by atoms with Crippen molar-refractivity contribution in [2.45, 2.75) is 19.3 Å². The molecule has 0 saturated heterocycles. The van der Waals surface area contributed by atoms with E-state index in [1.54, 1.807) is 24.1 Å². The molecule has 5 heteroatoms. The molecule has 1 amide bonds. The molecule has 0 bridgehead atoms. The summed E-state index contributed by atoms with van der Waals surface area (Å²) in [7, 11) is 1.75. The number of hydrogen-bond acceptors (Lipinski definition) is 3. The van der Waals surface area contributed by atoms with Crippen LogP contribution in [0.3, 0.4) is 0 Å². The Bertz CT molecular complexity index is 425. The second kappa shape index (κ2) is 7.67. The van der Waals surface area contributed by atoms with E-state index in [2.05, 4.69) is 4.98 Å². The van der Waals surface area contributed by atoms with E-state index in [9.17, 15) is 4.79 Å². The molecule has 0 aliphatic heterocycles. The molecule has 0 unspecified atom stereocenters. The Morgan fingerprint density at radius 2 is 2.22 bits per heavy atom. The van der Waals surface area contributed by atoms with Gasteiger partial charge in [0.05, 0.1) is 5.56 Å². The number of hydrogen-bond donors (Lipinski definition) is 0. The van der Waals surface area contributed by atoms with E-state index >= 15 is 0 Å². The smallest absolute Gasteiger partial charge is 0.272 e. The van der Waals surface area contributed by atoms with Gasteiger partial charge in [0, 0.05) is 25.7 Å². The van der Waals surface area contributed by atoms with E-state index in [1.807, 2.05) is 6.07 Å². The van der Waals surface area contributed by atoms with Gasteiger partial charge in [0.2, 0.25) is 0 Å². The quantitative estimate of drug-likeness (QED) is 0.586. The normalized spacial score (nSPS) is 9.83. The van der Waals surface area contributed by atoms with Crippen LogP contribution in [0.25, 0.3) is 0 Å². The number of carbonyl (C=O) groups is 1. The van der Waals surface area contributed by atoms with E-state index in [0.717, 1.165) is 19.3 Å². The van der Waals surface area contributed by atoms with Crippen molar-refractivity contribution in [1.29, 1.82) is 5.26 Å². The lowest BCUT2D eigenvalue weighted by atomic mass is 10.2.